The Morgan fingerprint density at radius 1 is 1.19 bits per heavy atom. The highest BCUT2D eigenvalue weighted by molar-refractivity contribution is 6.31. The highest BCUT2D eigenvalue weighted by Gasteiger charge is 2.54. The van der Waals surface area contributed by atoms with Crippen molar-refractivity contribution in [3.8, 4) is 0 Å². The summed E-state index contributed by atoms with van der Waals surface area (Å²) >= 11 is 6.39. The molecule has 3 nitrogen and oxygen atoms in total. The van der Waals surface area contributed by atoms with Crippen molar-refractivity contribution in [2.75, 3.05) is 5.32 Å². The Labute approximate surface area is 156 Å². The number of aromatic carboxylic acids is 1. The number of fused-ring (bicyclic) bond motifs is 7. The molecule has 5 heteroatoms. The first-order chi connectivity index (χ1) is 12.5. The molecular weight excluding hydrogens is 353 g/mol. The van der Waals surface area contributed by atoms with Crippen molar-refractivity contribution in [2.45, 2.75) is 31.2 Å². The first-order valence-electron chi connectivity index (χ1n) is 9.12. The lowest BCUT2D eigenvalue weighted by molar-refractivity contribution is 0.0696. The molecule has 0 unspecified atom stereocenters. The van der Waals surface area contributed by atoms with Crippen LogP contribution in [0.15, 0.2) is 36.4 Å². The maximum atomic E-state index is 14.7. The van der Waals surface area contributed by atoms with Crippen LogP contribution in [0.3, 0.4) is 0 Å². The van der Waals surface area contributed by atoms with E-state index in [2.05, 4.69) is 5.32 Å². The van der Waals surface area contributed by atoms with Crippen LogP contribution in [0.2, 0.25) is 5.02 Å². The molecule has 0 aromatic heterocycles. The standard InChI is InChI=1S/C21H19ClFNO2/c22-14-2-1-3-15(23)19(14)20-18-11-5-4-10(8-11)17(18)13-9-12(21(25)26)6-7-16(13)24-20/h1-3,6-7,9-11,17-18,20,24H,4-5,8H2,(H,25,26)/t10-,11-,17-,18-,20-/m0/s1. The molecule has 2 saturated carbocycles. The van der Waals surface area contributed by atoms with Crippen molar-refractivity contribution in [3.63, 3.8) is 0 Å². The second kappa shape index (κ2) is 5.71. The average Bonchev–Trinajstić information content (AvgIpc) is 3.23. The van der Waals surface area contributed by atoms with Crippen molar-refractivity contribution in [1.82, 2.24) is 0 Å². The summed E-state index contributed by atoms with van der Waals surface area (Å²) in [5, 5.41) is 13.3. The molecule has 26 heavy (non-hydrogen) atoms. The van der Waals surface area contributed by atoms with Gasteiger partial charge in [-0.2, -0.15) is 0 Å². The van der Waals surface area contributed by atoms with E-state index < -0.39 is 5.97 Å². The number of carbonyl (C=O) groups is 1. The number of nitrogens with one attached hydrogen (secondary N) is 1. The molecule has 1 heterocycles. The quantitative estimate of drug-likeness (QED) is 0.735. The molecule has 3 aliphatic rings. The number of hydrogen-bond donors (Lipinski definition) is 2. The Balaban J connectivity index is 1.67. The van der Waals surface area contributed by atoms with E-state index in [1.165, 1.54) is 12.5 Å². The first-order valence-corrected chi connectivity index (χ1v) is 9.50. The fourth-order valence-electron chi connectivity index (χ4n) is 5.72. The van der Waals surface area contributed by atoms with Crippen LogP contribution in [0.4, 0.5) is 10.1 Å². The van der Waals surface area contributed by atoms with Crippen LogP contribution < -0.4 is 5.32 Å². The van der Waals surface area contributed by atoms with E-state index in [0.29, 0.717) is 28.0 Å². The molecule has 1 aliphatic heterocycles. The van der Waals surface area contributed by atoms with E-state index in [0.717, 1.165) is 24.1 Å². The summed E-state index contributed by atoms with van der Waals surface area (Å²) in [4.78, 5) is 11.4. The predicted octanol–water partition coefficient (Wildman–Crippen LogP) is 5.47. The molecule has 2 aromatic rings. The number of rotatable bonds is 2. The molecule has 0 amide bonds. The second-order valence-electron chi connectivity index (χ2n) is 7.80. The molecule has 2 bridgehead atoms. The molecule has 5 atom stereocenters. The van der Waals surface area contributed by atoms with E-state index >= 15 is 0 Å². The minimum absolute atomic E-state index is 0.174. The van der Waals surface area contributed by atoms with Crippen molar-refractivity contribution >= 4 is 23.3 Å². The summed E-state index contributed by atoms with van der Waals surface area (Å²) in [7, 11) is 0. The maximum absolute atomic E-state index is 14.7. The highest BCUT2D eigenvalue weighted by atomic mass is 35.5. The molecule has 0 saturated heterocycles. The van der Waals surface area contributed by atoms with Gasteiger partial charge in [-0.15, -0.1) is 0 Å². The van der Waals surface area contributed by atoms with Crippen LogP contribution in [-0.2, 0) is 0 Å². The third-order valence-electron chi connectivity index (χ3n) is 6.64. The number of halogens is 2. The average molecular weight is 372 g/mol. The van der Waals surface area contributed by atoms with E-state index in [1.54, 1.807) is 18.2 Å². The Kier molecular flexibility index (Phi) is 3.54. The summed E-state index contributed by atoms with van der Waals surface area (Å²) in [6.07, 6.45) is 3.46. The Hall–Kier alpha value is -2.07. The molecule has 2 fully saturated rings. The van der Waals surface area contributed by atoms with E-state index in [-0.39, 0.29) is 23.7 Å². The van der Waals surface area contributed by atoms with Crippen LogP contribution in [0, 0.1) is 23.6 Å². The summed E-state index contributed by atoms with van der Waals surface area (Å²) in [5.41, 5.74) is 2.85. The zero-order valence-corrected chi connectivity index (χ0v) is 14.8. The van der Waals surface area contributed by atoms with Gasteiger partial charge in [0.1, 0.15) is 5.82 Å². The molecule has 0 spiro atoms. The fourth-order valence-corrected chi connectivity index (χ4v) is 6.00. The van der Waals surface area contributed by atoms with Crippen LogP contribution in [0.1, 0.15) is 52.7 Å². The fraction of sp³-hybridized carbons (Fsp3) is 0.381. The van der Waals surface area contributed by atoms with Gasteiger partial charge in [0.15, 0.2) is 0 Å². The highest BCUT2D eigenvalue weighted by Crippen LogP contribution is 2.64. The van der Waals surface area contributed by atoms with Crippen molar-refractivity contribution in [1.29, 1.82) is 0 Å². The SMILES string of the molecule is O=C(O)c1ccc2c(c1)[C@@H]1[C@H]3CC[C@@H](C3)[C@@H]1[C@@H](c1c(F)cccc1Cl)N2. The second-order valence-corrected chi connectivity index (χ2v) is 8.21. The number of anilines is 1. The van der Waals surface area contributed by atoms with Gasteiger partial charge in [-0.25, -0.2) is 9.18 Å². The topological polar surface area (TPSA) is 49.3 Å². The van der Waals surface area contributed by atoms with Crippen LogP contribution >= 0.6 is 11.6 Å². The first kappa shape index (κ1) is 16.1. The van der Waals surface area contributed by atoms with Gasteiger partial charge in [0.25, 0.3) is 0 Å². The van der Waals surface area contributed by atoms with Crippen LogP contribution in [0.5, 0.6) is 0 Å². The monoisotopic (exact) mass is 371 g/mol. The van der Waals surface area contributed by atoms with Gasteiger partial charge in [-0.3, -0.25) is 0 Å². The van der Waals surface area contributed by atoms with Crippen LogP contribution in [-0.4, -0.2) is 11.1 Å². The summed E-state index contributed by atoms with van der Waals surface area (Å²) < 4.78 is 14.7. The number of carboxylic acid groups (broad SMARTS) is 1. The van der Waals surface area contributed by atoms with E-state index in [9.17, 15) is 14.3 Å². The van der Waals surface area contributed by atoms with Gasteiger partial charge in [0.05, 0.1) is 11.6 Å². The minimum Gasteiger partial charge on any atom is -0.478 e. The largest absolute Gasteiger partial charge is 0.478 e. The minimum atomic E-state index is -0.910. The van der Waals surface area contributed by atoms with Crippen molar-refractivity contribution < 1.29 is 14.3 Å². The van der Waals surface area contributed by atoms with Crippen molar-refractivity contribution in [2.24, 2.45) is 17.8 Å². The number of hydrogen-bond acceptors (Lipinski definition) is 2. The summed E-state index contributed by atoms with van der Waals surface area (Å²) in [5.74, 6) is 0.404. The van der Waals surface area contributed by atoms with Gasteiger partial charge in [-0.05, 0) is 78.8 Å². The lowest BCUT2D eigenvalue weighted by Crippen LogP contribution is -2.36. The smallest absolute Gasteiger partial charge is 0.335 e. The van der Waals surface area contributed by atoms with Crippen molar-refractivity contribution in [3.05, 3.63) is 63.9 Å². The van der Waals surface area contributed by atoms with Crippen LogP contribution in [0.25, 0.3) is 0 Å². The van der Waals surface area contributed by atoms with Gasteiger partial charge in [0, 0.05) is 16.3 Å². The Bertz CT molecular complexity index is 895. The summed E-state index contributed by atoms with van der Waals surface area (Å²) in [6, 6.07) is 9.91. The molecule has 134 valence electrons. The molecule has 5 rings (SSSR count). The van der Waals surface area contributed by atoms with E-state index in [1.807, 2.05) is 12.1 Å². The zero-order valence-electron chi connectivity index (χ0n) is 14.1. The summed E-state index contributed by atoms with van der Waals surface area (Å²) in [6.45, 7) is 0. The zero-order chi connectivity index (χ0) is 18.0. The van der Waals surface area contributed by atoms with E-state index in [4.69, 9.17) is 11.6 Å². The molecule has 0 radical (unpaired) electrons. The molecular formula is C21H19ClFNO2. The molecule has 2 N–H and O–H groups in total. The Morgan fingerprint density at radius 2 is 2.00 bits per heavy atom. The lowest BCUT2D eigenvalue weighted by atomic mass is 9.68. The third-order valence-corrected chi connectivity index (χ3v) is 6.97. The van der Waals surface area contributed by atoms with Gasteiger partial charge < -0.3 is 10.4 Å². The number of carboxylic acids is 1. The normalized spacial score (nSPS) is 31.2. The third kappa shape index (κ3) is 2.21. The Morgan fingerprint density at radius 3 is 2.77 bits per heavy atom. The van der Waals surface area contributed by atoms with Gasteiger partial charge >= 0.3 is 5.97 Å². The molecule has 2 aromatic carbocycles. The van der Waals surface area contributed by atoms with Gasteiger partial charge in [-0.1, -0.05) is 17.7 Å². The predicted molar refractivity (Wildman–Crippen MR) is 98.2 cm³/mol. The lowest BCUT2D eigenvalue weighted by Gasteiger charge is -2.43. The van der Waals surface area contributed by atoms with Gasteiger partial charge in [0.2, 0.25) is 0 Å². The number of benzene rings is 2. The molecule has 2 aliphatic carbocycles. The maximum Gasteiger partial charge on any atom is 0.335 e.